The topological polar surface area (TPSA) is 75.5 Å². The highest BCUT2D eigenvalue weighted by molar-refractivity contribution is 7.07. The molecule has 0 saturated carbocycles. The van der Waals surface area contributed by atoms with Crippen LogP contribution in [0.2, 0.25) is 0 Å². The second-order valence-electron chi connectivity index (χ2n) is 6.54. The summed E-state index contributed by atoms with van der Waals surface area (Å²) in [4.78, 5) is 25.2. The zero-order valence-electron chi connectivity index (χ0n) is 14.6. The van der Waals surface area contributed by atoms with Gasteiger partial charge >= 0.3 is 0 Å². The summed E-state index contributed by atoms with van der Waals surface area (Å²) >= 11 is 1.67. The van der Waals surface area contributed by atoms with Crippen molar-refractivity contribution in [3.05, 3.63) is 62.3 Å². The first-order valence-corrected chi connectivity index (χ1v) is 9.88. The Morgan fingerprint density at radius 2 is 1.85 bits per heavy atom. The lowest BCUT2D eigenvalue weighted by Crippen LogP contribution is -2.38. The van der Waals surface area contributed by atoms with Gasteiger partial charge in [-0.3, -0.25) is 19.8 Å². The number of nitro groups is 1. The Hall–Kier alpha value is -2.25. The maximum Gasteiger partial charge on any atom is 0.269 e. The van der Waals surface area contributed by atoms with Gasteiger partial charge < -0.3 is 5.32 Å². The molecule has 26 heavy (non-hydrogen) atoms. The van der Waals surface area contributed by atoms with Gasteiger partial charge in [-0.2, -0.15) is 11.3 Å². The molecule has 1 atom stereocenters. The highest BCUT2D eigenvalue weighted by atomic mass is 32.1. The Morgan fingerprint density at radius 1 is 1.15 bits per heavy atom. The largest absolute Gasteiger partial charge is 0.350 e. The van der Waals surface area contributed by atoms with E-state index in [4.69, 9.17) is 0 Å². The number of carbonyl (C=O) groups is 1. The Labute approximate surface area is 157 Å². The Bertz CT molecular complexity index is 723. The van der Waals surface area contributed by atoms with Crippen LogP contribution < -0.4 is 5.32 Å². The molecule has 138 valence electrons. The maximum atomic E-state index is 12.5. The molecule has 1 aliphatic heterocycles. The van der Waals surface area contributed by atoms with Crippen LogP contribution in [0.3, 0.4) is 0 Å². The molecule has 1 unspecified atom stereocenters. The van der Waals surface area contributed by atoms with Crippen LogP contribution in [-0.2, 0) is 0 Å². The van der Waals surface area contributed by atoms with Crippen molar-refractivity contribution in [3.8, 4) is 0 Å². The normalized spacial score (nSPS) is 16.6. The first-order valence-electron chi connectivity index (χ1n) is 8.94. The molecule has 1 fully saturated rings. The summed E-state index contributed by atoms with van der Waals surface area (Å²) in [5, 5.41) is 18.0. The van der Waals surface area contributed by atoms with E-state index in [1.54, 1.807) is 11.3 Å². The molecule has 0 spiro atoms. The third-order valence-electron chi connectivity index (χ3n) is 4.81. The van der Waals surface area contributed by atoms with Crippen LogP contribution in [0.15, 0.2) is 41.1 Å². The molecule has 1 aromatic carbocycles. The first-order chi connectivity index (χ1) is 12.6. The quantitative estimate of drug-likeness (QED) is 0.613. The fourth-order valence-electron chi connectivity index (χ4n) is 3.36. The van der Waals surface area contributed by atoms with E-state index < -0.39 is 4.92 Å². The summed E-state index contributed by atoms with van der Waals surface area (Å²) in [6, 6.07) is 8.01. The number of likely N-dealkylation sites (tertiary alicyclic amines) is 1. The lowest BCUT2D eigenvalue weighted by atomic mass is 10.1. The summed E-state index contributed by atoms with van der Waals surface area (Å²) in [6.07, 6.45) is 4.91. The highest BCUT2D eigenvalue weighted by Crippen LogP contribution is 2.25. The molecule has 6 nitrogen and oxygen atoms in total. The highest BCUT2D eigenvalue weighted by Gasteiger charge is 2.22. The first kappa shape index (κ1) is 18.5. The number of benzene rings is 1. The van der Waals surface area contributed by atoms with Crippen molar-refractivity contribution in [1.29, 1.82) is 0 Å². The number of carbonyl (C=O) groups excluding carboxylic acids is 1. The number of nitrogens with zero attached hydrogens (tertiary/aromatic N) is 2. The molecule has 3 rings (SSSR count). The summed E-state index contributed by atoms with van der Waals surface area (Å²) < 4.78 is 0. The van der Waals surface area contributed by atoms with Crippen molar-refractivity contribution in [2.24, 2.45) is 0 Å². The van der Waals surface area contributed by atoms with Gasteiger partial charge in [0.1, 0.15) is 0 Å². The van der Waals surface area contributed by atoms with Crippen molar-refractivity contribution in [2.45, 2.75) is 31.7 Å². The van der Waals surface area contributed by atoms with E-state index in [0.717, 1.165) is 13.1 Å². The predicted molar refractivity (Wildman–Crippen MR) is 103 cm³/mol. The van der Waals surface area contributed by atoms with Gasteiger partial charge in [0.05, 0.1) is 11.0 Å². The molecule has 0 bridgehead atoms. The van der Waals surface area contributed by atoms with Gasteiger partial charge in [-0.1, -0.05) is 12.8 Å². The van der Waals surface area contributed by atoms with E-state index in [1.165, 1.54) is 55.5 Å². The molecule has 2 heterocycles. The van der Waals surface area contributed by atoms with Gasteiger partial charge in [0.2, 0.25) is 0 Å². The molecule has 7 heteroatoms. The number of hydrogen-bond donors (Lipinski definition) is 1. The molecule has 1 aliphatic rings. The average Bonchev–Trinajstić information content (AvgIpc) is 3.04. The van der Waals surface area contributed by atoms with Crippen molar-refractivity contribution in [1.82, 2.24) is 10.2 Å². The van der Waals surface area contributed by atoms with Crippen LogP contribution in [0.1, 0.15) is 47.6 Å². The zero-order valence-corrected chi connectivity index (χ0v) is 15.4. The molecular weight excluding hydrogens is 350 g/mol. The summed E-state index contributed by atoms with van der Waals surface area (Å²) in [5.41, 5.74) is 1.67. The third kappa shape index (κ3) is 4.68. The van der Waals surface area contributed by atoms with Crippen LogP contribution in [0.4, 0.5) is 5.69 Å². The molecule has 1 amide bonds. The van der Waals surface area contributed by atoms with Gasteiger partial charge in [0.15, 0.2) is 0 Å². The van der Waals surface area contributed by atoms with E-state index in [-0.39, 0.29) is 17.6 Å². The summed E-state index contributed by atoms with van der Waals surface area (Å²) in [7, 11) is 0. The third-order valence-corrected chi connectivity index (χ3v) is 5.51. The van der Waals surface area contributed by atoms with Crippen LogP contribution in [0, 0.1) is 10.1 Å². The summed E-state index contributed by atoms with van der Waals surface area (Å²) in [5.74, 6) is -0.199. The van der Waals surface area contributed by atoms with E-state index in [0.29, 0.717) is 12.1 Å². The fraction of sp³-hybridized carbons (Fsp3) is 0.421. The average molecular weight is 373 g/mol. The molecule has 1 aromatic heterocycles. The Morgan fingerprint density at radius 3 is 2.42 bits per heavy atom. The smallest absolute Gasteiger partial charge is 0.269 e. The summed E-state index contributed by atoms with van der Waals surface area (Å²) in [6.45, 7) is 2.63. The number of nitro benzene ring substituents is 1. The van der Waals surface area contributed by atoms with Crippen LogP contribution in [0.25, 0.3) is 0 Å². The van der Waals surface area contributed by atoms with E-state index in [9.17, 15) is 14.9 Å². The molecule has 1 saturated heterocycles. The Balaban J connectivity index is 1.67. The number of thiophene rings is 1. The van der Waals surface area contributed by atoms with Crippen LogP contribution >= 0.6 is 11.3 Å². The van der Waals surface area contributed by atoms with Gasteiger partial charge in [-0.25, -0.2) is 0 Å². The monoisotopic (exact) mass is 373 g/mol. The SMILES string of the molecule is O=C(NCC(c1ccsc1)N1CCCCCC1)c1ccc([N+](=O)[O-])cc1. The molecule has 0 aliphatic carbocycles. The van der Waals surface area contributed by atoms with Gasteiger partial charge in [-0.05, 0) is 60.5 Å². The van der Waals surface area contributed by atoms with Crippen molar-refractivity contribution >= 4 is 22.9 Å². The number of non-ortho nitro benzene ring substituents is 1. The minimum absolute atomic E-state index is 0.0118. The van der Waals surface area contributed by atoms with Gasteiger partial charge in [0.25, 0.3) is 11.6 Å². The fourth-order valence-corrected chi connectivity index (χ4v) is 4.06. The van der Waals surface area contributed by atoms with E-state index in [1.807, 2.05) is 0 Å². The van der Waals surface area contributed by atoms with E-state index in [2.05, 4.69) is 27.0 Å². The van der Waals surface area contributed by atoms with Crippen molar-refractivity contribution in [3.63, 3.8) is 0 Å². The predicted octanol–water partition coefficient (Wildman–Crippen LogP) is 4.00. The van der Waals surface area contributed by atoms with Crippen molar-refractivity contribution < 1.29 is 9.72 Å². The van der Waals surface area contributed by atoms with E-state index >= 15 is 0 Å². The van der Waals surface area contributed by atoms with Crippen LogP contribution in [0.5, 0.6) is 0 Å². The minimum Gasteiger partial charge on any atom is -0.350 e. The van der Waals surface area contributed by atoms with Gasteiger partial charge in [0, 0.05) is 24.2 Å². The maximum absolute atomic E-state index is 12.5. The Kier molecular flexibility index (Phi) is 6.35. The molecule has 1 N–H and O–H groups in total. The standard InChI is InChI=1S/C19H23N3O3S/c23-19(15-5-7-17(8-6-15)22(24)25)20-13-18(16-9-12-26-14-16)21-10-3-1-2-4-11-21/h5-9,12,14,18H,1-4,10-11,13H2,(H,20,23). The number of amides is 1. The van der Waals surface area contributed by atoms with Crippen LogP contribution in [-0.4, -0.2) is 35.4 Å². The number of hydrogen-bond acceptors (Lipinski definition) is 5. The second-order valence-corrected chi connectivity index (χ2v) is 7.32. The minimum atomic E-state index is -0.465. The lowest BCUT2D eigenvalue weighted by Gasteiger charge is -2.30. The number of rotatable bonds is 6. The lowest BCUT2D eigenvalue weighted by molar-refractivity contribution is -0.384. The van der Waals surface area contributed by atoms with Crippen molar-refractivity contribution in [2.75, 3.05) is 19.6 Å². The second kappa shape index (κ2) is 8.91. The zero-order chi connectivity index (χ0) is 18.4. The molecular formula is C19H23N3O3S. The number of nitrogens with one attached hydrogen (secondary N) is 1. The van der Waals surface area contributed by atoms with Gasteiger partial charge in [-0.15, -0.1) is 0 Å². The molecule has 2 aromatic rings. The molecule has 0 radical (unpaired) electrons.